The smallest absolute Gasteiger partial charge is 0.254 e. The van der Waals surface area contributed by atoms with Gasteiger partial charge in [-0.15, -0.1) is 6.58 Å². The normalized spacial score (nSPS) is 21.3. The quantitative estimate of drug-likeness (QED) is 0.0438. The highest BCUT2D eigenvalue weighted by atomic mass is 16.7. The molecule has 10 heteroatoms. The summed E-state index contributed by atoms with van der Waals surface area (Å²) in [5, 5.41) is 39.4. The van der Waals surface area contributed by atoms with Gasteiger partial charge in [0.05, 0.1) is 29.9 Å². The van der Waals surface area contributed by atoms with Gasteiger partial charge in [0.1, 0.15) is 29.9 Å². The summed E-state index contributed by atoms with van der Waals surface area (Å²) < 4.78 is 21.7. The van der Waals surface area contributed by atoms with E-state index in [0.29, 0.717) is 46.9 Å². The van der Waals surface area contributed by atoms with Crippen molar-refractivity contribution in [2.24, 2.45) is 22.9 Å². The van der Waals surface area contributed by atoms with Crippen LogP contribution in [0.25, 0.3) is 21.5 Å². The molecular formula is C63H61N3O7. The molecule has 0 radical (unpaired) electrons. The Morgan fingerprint density at radius 1 is 0.795 bits per heavy atom. The summed E-state index contributed by atoms with van der Waals surface area (Å²) in [5.74, 6) is -0.534. The van der Waals surface area contributed by atoms with Crippen molar-refractivity contribution in [1.29, 1.82) is 5.26 Å². The number of ether oxygens (including phenoxy) is 3. The molecule has 7 aromatic carbocycles. The van der Waals surface area contributed by atoms with Gasteiger partial charge in [0.25, 0.3) is 5.91 Å². The van der Waals surface area contributed by atoms with E-state index in [-0.39, 0.29) is 63.1 Å². The number of benzene rings is 7. The second kappa shape index (κ2) is 22.5. The lowest BCUT2D eigenvalue weighted by molar-refractivity contribution is -0.255. The average Bonchev–Trinajstić information content (AvgIpc) is 3.43. The molecule has 370 valence electrons. The van der Waals surface area contributed by atoms with E-state index in [1.165, 1.54) is 0 Å². The molecule has 10 rings (SSSR count). The van der Waals surface area contributed by atoms with E-state index in [1.807, 2.05) is 83.8 Å². The summed E-state index contributed by atoms with van der Waals surface area (Å²) in [4.78, 5) is 24.0. The predicted octanol–water partition coefficient (Wildman–Crippen LogP) is 12.8. The van der Waals surface area contributed by atoms with Crippen LogP contribution in [0.15, 0.2) is 187 Å². The van der Waals surface area contributed by atoms with Crippen LogP contribution in [0.4, 0.5) is 0 Å². The second-order valence-electron chi connectivity index (χ2n) is 19.4. The second-order valence-corrected chi connectivity index (χ2v) is 19.4. The molecule has 10 nitrogen and oxygen atoms in total. The Morgan fingerprint density at radius 2 is 1.51 bits per heavy atom. The summed E-state index contributed by atoms with van der Waals surface area (Å²) in [5.41, 5.74) is 5.35. The maximum atomic E-state index is 15.8. The number of oxime groups is 1. The number of nitrogens with zero attached hydrogens (tertiary/aromatic N) is 3. The fraction of sp³-hybridized carbons (Fsp3) is 0.286. The molecule has 0 bridgehead atoms. The highest BCUT2D eigenvalue weighted by molar-refractivity contribution is 6.03. The van der Waals surface area contributed by atoms with Crippen molar-refractivity contribution in [2.75, 3.05) is 19.8 Å². The third-order valence-corrected chi connectivity index (χ3v) is 15.0. The van der Waals surface area contributed by atoms with Crippen LogP contribution in [-0.4, -0.2) is 58.4 Å². The molecule has 0 unspecified atom stereocenters. The molecule has 0 spiro atoms. The Kier molecular flexibility index (Phi) is 15.1. The number of fused-ring (bicyclic) bond motifs is 4. The Morgan fingerprint density at radius 3 is 2.29 bits per heavy atom. The third kappa shape index (κ3) is 10.3. The van der Waals surface area contributed by atoms with Crippen LogP contribution in [0.3, 0.4) is 0 Å². The van der Waals surface area contributed by atoms with Crippen molar-refractivity contribution in [3.8, 4) is 23.3 Å². The molecule has 1 fully saturated rings. The number of rotatable bonds is 20. The molecule has 3 aliphatic rings. The van der Waals surface area contributed by atoms with Gasteiger partial charge in [-0.2, -0.15) is 5.26 Å². The summed E-state index contributed by atoms with van der Waals surface area (Å²) in [7, 11) is 0. The Labute approximate surface area is 427 Å². The molecule has 0 aromatic heterocycles. The van der Waals surface area contributed by atoms with Crippen molar-refractivity contribution < 1.29 is 34.1 Å². The number of carbonyl (C=O) groups is 1. The van der Waals surface area contributed by atoms with Gasteiger partial charge in [-0.3, -0.25) is 4.79 Å². The molecule has 7 aromatic rings. The van der Waals surface area contributed by atoms with Crippen LogP contribution >= 0.6 is 0 Å². The Balaban J connectivity index is 1.19. The number of hydrogen-bond donors (Lipinski definition) is 2. The highest BCUT2D eigenvalue weighted by Crippen LogP contribution is 2.62. The van der Waals surface area contributed by atoms with Crippen LogP contribution in [0.5, 0.6) is 17.2 Å². The average molecular weight is 972 g/mol. The van der Waals surface area contributed by atoms with Gasteiger partial charge in [0.2, 0.25) is 5.79 Å². The Hall–Kier alpha value is -7.55. The van der Waals surface area contributed by atoms with Crippen LogP contribution in [0.1, 0.15) is 83.5 Å². The minimum atomic E-state index is -1.50. The number of carbonyl (C=O) groups excluding carboxylic acids is 1. The number of allylic oxidation sites excluding steroid dienone is 1. The first-order chi connectivity index (χ1) is 35.9. The molecule has 6 atom stereocenters. The number of aliphatic hydroxyl groups excluding tert-OH is 2. The molecule has 73 heavy (non-hydrogen) atoms. The van der Waals surface area contributed by atoms with Crippen molar-refractivity contribution >= 4 is 33.2 Å². The predicted molar refractivity (Wildman–Crippen MR) is 285 cm³/mol. The first-order valence-electron chi connectivity index (χ1n) is 25.6. The van der Waals surface area contributed by atoms with Gasteiger partial charge in [-0.1, -0.05) is 133 Å². The van der Waals surface area contributed by atoms with Gasteiger partial charge >= 0.3 is 0 Å². The Bertz CT molecular complexity index is 3180. The van der Waals surface area contributed by atoms with E-state index in [1.54, 1.807) is 30.3 Å². The molecule has 2 N–H and O–H groups in total. The molecule has 1 amide bonds. The van der Waals surface area contributed by atoms with Gasteiger partial charge in [-0.05, 0) is 130 Å². The lowest BCUT2D eigenvalue weighted by Gasteiger charge is -2.60. The molecule has 1 aliphatic heterocycles. The van der Waals surface area contributed by atoms with E-state index in [2.05, 4.69) is 73.3 Å². The SMILES string of the molecule is C=CCO[C@@]12Oc3ccc(Oc4ccc5ccccc5c4)cc3[C@H]3[C@H](CCCCO)[C@@H](CCCCO)C=C(C(=NOCc4ccccc4)C[C@@H]1N(Cc1cccc4ccccc14)C(=O)c1ccc(C#N)cc1)[C@H]32. The van der Waals surface area contributed by atoms with E-state index in [0.717, 1.165) is 69.5 Å². The monoisotopic (exact) mass is 971 g/mol. The van der Waals surface area contributed by atoms with Gasteiger partial charge in [0, 0.05) is 43.2 Å². The number of aliphatic hydroxyl groups is 2. The zero-order chi connectivity index (χ0) is 50.2. The lowest BCUT2D eigenvalue weighted by Crippen LogP contribution is -2.70. The lowest BCUT2D eigenvalue weighted by atomic mass is 9.55. The third-order valence-electron chi connectivity index (χ3n) is 15.0. The molecule has 1 saturated carbocycles. The van der Waals surface area contributed by atoms with E-state index in [9.17, 15) is 15.5 Å². The van der Waals surface area contributed by atoms with Crippen LogP contribution < -0.4 is 9.47 Å². The van der Waals surface area contributed by atoms with Crippen LogP contribution in [-0.2, 0) is 22.7 Å². The summed E-state index contributed by atoms with van der Waals surface area (Å²) >= 11 is 0. The molecule has 2 aliphatic carbocycles. The molecule has 1 heterocycles. The maximum Gasteiger partial charge on any atom is 0.254 e. The van der Waals surface area contributed by atoms with Crippen LogP contribution in [0, 0.1) is 29.1 Å². The fourth-order valence-electron chi connectivity index (χ4n) is 11.6. The fourth-order valence-corrected chi connectivity index (χ4v) is 11.6. The van der Waals surface area contributed by atoms with Gasteiger partial charge in [0.15, 0.2) is 0 Å². The zero-order valence-corrected chi connectivity index (χ0v) is 41.0. The van der Waals surface area contributed by atoms with Gasteiger partial charge in [-0.25, -0.2) is 0 Å². The van der Waals surface area contributed by atoms with E-state index in [4.69, 9.17) is 24.2 Å². The van der Waals surface area contributed by atoms with E-state index < -0.39 is 17.7 Å². The number of amides is 1. The zero-order valence-electron chi connectivity index (χ0n) is 41.0. The van der Waals surface area contributed by atoms with Crippen molar-refractivity contribution in [1.82, 2.24) is 4.90 Å². The molecule has 0 saturated heterocycles. The first-order valence-corrected chi connectivity index (χ1v) is 25.6. The highest BCUT2D eigenvalue weighted by Gasteiger charge is 2.65. The summed E-state index contributed by atoms with van der Waals surface area (Å²) in [6.45, 7) is 4.84. The summed E-state index contributed by atoms with van der Waals surface area (Å²) in [6.07, 6.45) is 8.79. The number of unbranched alkanes of at least 4 members (excludes halogenated alkanes) is 2. The standard InChI is InChI=1S/C63H61N3O7/c1-2-35-70-63-59(66(62(69)47-27-25-43(40-64)26-28-47)41-50-22-14-21-46-18-8-9-23-53(46)50)39-57(65-71-42-44-15-4-3-5-16-44)55-37-49(20-10-12-33-67)54(24-11-13-34-68)60(61(55)63)56-38-52(31-32-58(56)73-63)72-51-30-29-45-17-6-7-19-48(45)36-51/h2-9,14-19,21-23,25-32,36-38,49,54,59-61,67-68H,1,10-13,20,24,33-35,39,41-42H2/t49-,54+,59-,60+,61+,63+/m0/s1. The number of nitriles is 1. The van der Waals surface area contributed by atoms with Gasteiger partial charge < -0.3 is 34.2 Å². The largest absolute Gasteiger partial charge is 0.459 e. The van der Waals surface area contributed by atoms with Crippen molar-refractivity contribution in [3.05, 3.63) is 210 Å². The van der Waals surface area contributed by atoms with Crippen LogP contribution in [0.2, 0.25) is 0 Å². The molecular weight excluding hydrogens is 911 g/mol. The summed E-state index contributed by atoms with van der Waals surface area (Å²) in [6, 6.07) is 52.8. The topological polar surface area (TPSA) is 134 Å². The minimum Gasteiger partial charge on any atom is -0.459 e. The minimum absolute atomic E-state index is 0.00949. The first kappa shape index (κ1) is 49.0. The number of hydrogen-bond acceptors (Lipinski definition) is 9. The van der Waals surface area contributed by atoms with Crippen molar-refractivity contribution in [3.63, 3.8) is 0 Å². The van der Waals surface area contributed by atoms with Crippen molar-refractivity contribution in [2.45, 2.75) is 75.8 Å². The van der Waals surface area contributed by atoms with E-state index >= 15 is 4.79 Å². The maximum absolute atomic E-state index is 15.8.